The summed E-state index contributed by atoms with van der Waals surface area (Å²) in [5, 5.41) is 7.62. The first-order valence-electron chi connectivity index (χ1n) is 9.07. The van der Waals surface area contributed by atoms with Crippen LogP contribution in [0.3, 0.4) is 0 Å². The molecule has 0 aliphatic carbocycles. The Bertz CT molecular complexity index is 553. The van der Waals surface area contributed by atoms with E-state index in [0.29, 0.717) is 12.5 Å². The van der Waals surface area contributed by atoms with Gasteiger partial charge in [-0.2, -0.15) is 5.10 Å². The molecule has 134 valence electrons. The summed E-state index contributed by atoms with van der Waals surface area (Å²) in [4.78, 5) is 18.9. The minimum atomic E-state index is 0.148. The van der Waals surface area contributed by atoms with Gasteiger partial charge in [0.15, 0.2) is 0 Å². The monoisotopic (exact) mass is 335 g/mol. The minimum absolute atomic E-state index is 0.148. The average molecular weight is 335 g/mol. The summed E-state index contributed by atoms with van der Waals surface area (Å²) in [5.41, 5.74) is 0. The van der Waals surface area contributed by atoms with Crippen molar-refractivity contribution in [1.29, 1.82) is 0 Å². The number of piperidine rings is 1. The van der Waals surface area contributed by atoms with Crippen molar-refractivity contribution >= 4 is 5.91 Å². The molecule has 3 rings (SSSR count). The van der Waals surface area contributed by atoms with Gasteiger partial charge < -0.3 is 10.1 Å². The van der Waals surface area contributed by atoms with Crippen LogP contribution in [0.15, 0.2) is 0 Å². The van der Waals surface area contributed by atoms with Crippen molar-refractivity contribution in [3.8, 4) is 0 Å². The average Bonchev–Trinajstić information content (AvgIpc) is 2.86. The topological polar surface area (TPSA) is 72.3 Å². The Balaban J connectivity index is 1.46. The van der Waals surface area contributed by atoms with Crippen molar-refractivity contribution in [3.05, 3.63) is 11.6 Å². The van der Waals surface area contributed by atoms with Crippen LogP contribution in [-0.2, 0) is 16.1 Å². The second-order valence-electron chi connectivity index (χ2n) is 7.09. The van der Waals surface area contributed by atoms with Gasteiger partial charge in [-0.25, -0.2) is 9.67 Å². The van der Waals surface area contributed by atoms with Gasteiger partial charge in [0.2, 0.25) is 5.91 Å². The summed E-state index contributed by atoms with van der Waals surface area (Å²) < 4.78 is 7.34. The summed E-state index contributed by atoms with van der Waals surface area (Å²) in [5.74, 6) is 2.49. The Hall–Kier alpha value is -1.47. The summed E-state index contributed by atoms with van der Waals surface area (Å²) in [6.07, 6.45) is 4.19. The fourth-order valence-electron chi connectivity index (χ4n) is 3.74. The third-order valence-electron chi connectivity index (χ3n) is 4.95. The Morgan fingerprint density at radius 2 is 2.08 bits per heavy atom. The maximum absolute atomic E-state index is 12.3. The number of nitrogens with zero attached hydrogens (tertiary/aromatic N) is 4. The van der Waals surface area contributed by atoms with Gasteiger partial charge in [0.25, 0.3) is 0 Å². The molecule has 0 unspecified atom stereocenters. The number of carbonyl (C=O) groups excluding carboxylic acids is 1. The molecule has 0 saturated carbocycles. The molecule has 2 aliphatic rings. The van der Waals surface area contributed by atoms with Gasteiger partial charge in [0.05, 0.1) is 6.54 Å². The molecule has 1 aromatic heterocycles. The van der Waals surface area contributed by atoms with Gasteiger partial charge in [0, 0.05) is 32.3 Å². The second-order valence-corrected chi connectivity index (χ2v) is 7.09. The SMILES string of the molecule is Cc1nc(C)n(C[C@H]2CCCN(CC(=O)NC3CCOCC3)C2)n1. The summed E-state index contributed by atoms with van der Waals surface area (Å²) >= 11 is 0. The van der Waals surface area contributed by atoms with Crippen molar-refractivity contribution in [2.75, 3.05) is 32.8 Å². The van der Waals surface area contributed by atoms with E-state index in [4.69, 9.17) is 4.74 Å². The number of nitrogens with one attached hydrogen (secondary N) is 1. The maximum Gasteiger partial charge on any atom is 0.234 e. The molecule has 7 nitrogen and oxygen atoms in total. The van der Waals surface area contributed by atoms with Crippen LogP contribution in [0.1, 0.15) is 37.3 Å². The lowest BCUT2D eigenvalue weighted by Gasteiger charge is -2.33. The highest BCUT2D eigenvalue weighted by atomic mass is 16.5. The van der Waals surface area contributed by atoms with E-state index >= 15 is 0 Å². The molecule has 2 saturated heterocycles. The van der Waals surface area contributed by atoms with Crippen LogP contribution < -0.4 is 5.32 Å². The molecule has 3 heterocycles. The van der Waals surface area contributed by atoms with Crippen LogP contribution in [0.25, 0.3) is 0 Å². The van der Waals surface area contributed by atoms with E-state index in [1.54, 1.807) is 0 Å². The largest absolute Gasteiger partial charge is 0.381 e. The number of amides is 1. The third-order valence-corrected chi connectivity index (χ3v) is 4.95. The quantitative estimate of drug-likeness (QED) is 0.866. The minimum Gasteiger partial charge on any atom is -0.381 e. The summed E-state index contributed by atoms with van der Waals surface area (Å²) in [6.45, 7) is 8.81. The summed E-state index contributed by atoms with van der Waals surface area (Å²) in [6, 6.07) is 0.285. The van der Waals surface area contributed by atoms with Gasteiger partial charge in [-0.05, 0) is 52.0 Å². The zero-order valence-corrected chi connectivity index (χ0v) is 14.8. The van der Waals surface area contributed by atoms with Crippen molar-refractivity contribution in [2.24, 2.45) is 5.92 Å². The van der Waals surface area contributed by atoms with E-state index in [1.807, 2.05) is 18.5 Å². The standard InChI is InChI=1S/C17H29N5O2/c1-13-18-14(2)22(20-13)11-15-4-3-7-21(10-15)12-17(23)19-16-5-8-24-9-6-16/h15-16H,3-12H2,1-2H3,(H,19,23)/t15-/m0/s1. The molecule has 0 bridgehead atoms. The van der Waals surface area contributed by atoms with E-state index in [2.05, 4.69) is 20.3 Å². The van der Waals surface area contributed by atoms with Crippen LogP contribution in [0.2, 0.25) is 0 Å². The molecule has 0 aromatic carbocycles. The van der Waals surface area contributed by atoms with Gasteiger partial charge in [0.1, 0.15) is 11.6 Å². The van der Waals surface area contributed by atoms with Crippen molar-refractivity contribution < 1.29 is 9.53 Å². The van der Waals surface area contributed by atoms with E-state index in [1.165, 1.54) is 6.42 Å². The van der Waals surface area contributed by atoms with Crippen molar-refractivity contribution in [2.45, 2.75) is 52.1 Å². The molecule has 24 heavy (non-hydrogen) atoms. The number of ether oxygens (including phenoxy) is 1. The number of hydrogen-bond acceptors (Lipinski definition) is 5. The summed E-state index contributed by atoms with van der Waals surface area (Å²) in [7, 11) is 0. The number of rotatable bonds is 5. The molecule has 0 spiro atoms. The fourth-order valence-corrected chi connectivity index (χ4v) is 3.74. The van der Waals surface area contributed by atoms with Crippen LogP contribution in [-0.4, -0.2) is 64.5 Å². The van der Waals surface area contributed by atoms with Crippen LogP contribution in [0.4, 0.5) is 0 Å². The third kappa shape index (κ3) is 4.77. The molecule has 2 aliphatic heterocycles. The Kier molecular flexibility index (Phi) is 5.84. The van der Waals surface area contributed by atoms with Gasteiger partial charge in [-0.3, -0.25) is 9.69 Å². The highest BCUT2D eigenvalue weighted by Crippen LogP contribution is 2.18. The maximum atomic E-state index is 12.3. The van der Waals surface area contributed by atoms with Crippen LogP contribution >= 0.6 is 0 Å². The molecule has 7 heteroatoms. The first kappa shape index (κ1) is 17.4. The number of carbonyl (C=O) groups is 1. The smallest absolute Gasteiger partial charge is 0.234 e. The van der Waals surface area contributed by atoms with Crippen LogP contribution in [0.5, 0.6) is 0 Å². The molecule has 1 N–H and O–H groups in total. The highest BCUT2D eigenvalue weighted by molar-refractivity contribution is 5.78. The molecular weight excluding hydrogens is 306 g/mol. The van der Waals surface area contributed by atoms with Crippen LogP contribution in [0, 0.1) is 19.8 Å². The Morgan fingerprint density at radius 1 is 1.29 bits per heavy atom. The molecular formula is C17H29N5O2. The number of likely N-dealkylation sites (tertiary alicyclic amines) is 1. The van der Waals surface area contributed by atoms with Crippen molar-refractivity contribution in [3.63, 3.8) is 0 Å². The zero-order valence-electron chi connectivity index (χ0n) is 14.8. The van der Waals surface area contributed by atoms with E-state index in [0.717, 1.165) is 63.8 Å². The fraction of sp³-hybridized carbons (Fsp3) is 0.824. The van der Waals surface area contributed by atoms with E-state index < -0.39 is 0 Å². The lowest BCUT2D eigenvalue weighted by molar-refractivity contribution is -0.124. The normalized spacial score (nSPS) is 23.3. The number of aromatic nitrogens is 3. The highest BCUT2D eigenvalue weighted by Gasteiger charge is 2.24. The lowest BCUT2D eigenvalue weighted by Crippen LogP contribution is -2.47. The number of hydrogen-bond donors (Lipinski definition) is 1. The van der Waals surface area contributed by atoms with E-state index in [-0.39, 0.29) is 11.9 Å². The van der Waals surface area contributed by atoms with Gasteiger partial charge in [-0.15, -0.1) is 0 Å². The zero-order chi connectivity index (χ0) is 16.9. The van der Waals surface area contributed by atoms with Crippen molar-refractivity contribution in [1.82, 2.24) is 25.0 Å². The predicted molar refractivity (Wildman–Crippen MR) is 90.6 cm³/mol. The van der Waals surface area contributed by atoms with E-state index in [9.17, 15) is 4.79 Å². The Labute approximate surface area is 143 Å². The number of aryl methyl sites for hydroxylation is 2. The molecule has 1 aromatic rings. The first-order chi connectivity index (χ1) is 11.6. The first-order valence-corrected chi connectivity index (χ1v) is 9.07. The molecule has 1 atom stereocenters. The molecule has 2 fully saturated rings. The molecule has 0 radical (unpaired) electrons. The van der Waals surface area contributed by atoms with Gasteiger partial charge in [-0.1, -0.05) is 0 Å². The Morgan fingerprint density at radius 3 is 2.79 bits per heavy atom. The lowest BCUT2D eigenvalue weighted by atomic mass is 9.98. The van der Waals surface area contributed by atoms with Gasteiger partial charge >= 0.3 is 0 Å². The molecule has 1 amide bonds. The predicted octanol–water partition coefficient (Wildman–Crippen LogP) is 0.902. The second kappa shape index (κ2) is 8.07.